The first-order valence-electron chi connectivity index (χ1n) is 6.00. The van der Waals surface area contributed by atoms with E-state index in [4.69, 9.17) is 10.00 Å². The first kappa shape index (κ1) is 14.5. The number of rotatable bonds is 6. The van der Waals surface area contributed by atoms with Crippen molar-refractivity contribution in [2.45, 2.75) is 26.0 Å². The van der Waals surface area contributed by atoms with E-state index in [9.17, 15) is 5.11 Å². The third-order valence-electron chi connectivity index (χ3n) is 2.79. The number of aliphatic hydroxyl groups is 1. The van der Waals surface area contributed by atoms with Crippen LogP contribution in [-0.2, 0) is 6.54 Å². The summed E-state index contributed by atoms with van der Waals surface area (Å²) in [6.45, 7) is 3.35. The highest BCUT2D eigenvalue weighted by Crippen LogP contribution is 2.21. The van der Waals surface area contributed by atoms with Gasteiger partial charge in [0.15, 0.2) is 0 Å². The van der Waals surface area contributed by atoms with Crippen molar-refractivity contribution in [2.75, 3.05) is 20.7 Å². The number of ether oxygens (including phenoxy) is 1. The second-order valence-electron chi connectivity index (χ2n) is 4.51. The molecule has 4 heteroatoms. The lowest BCUT2D eigenvalue weighted by molar-refractivity contribution is 0.162. The lowest BCUT2D eigenvalue weighted by Gasteiger charge is -2.19. The fourth-order valence-corrected chi connectivity index (χ4v) is 1.72. The highest BCUT2D eigenvalue weighted by Gasteiger charge is 2.08. The van der Waals surface area contributed by atoms with E-state index in [2.05, 4.69) is 11.0 Å². The fourth-order valence-electron chi connectivity index (χ4n) is 1.72. The summed E-state index contributed by atoms with van der Waals surface area (Å²) in [5.74, 6) is 0.734. The molecule has 4 nitrogen and oxygen atoms in total. The van der Waals surface area contributed by atoms with Crippen LogP contribution in [-0.4, -0.2) is 36.8 Å². The van der Waals surface area contributed by atoms with Crippen LogP contribution in [0.3, 0.4) is 0 Å². The van der Waals surface area contributed by atoms with E-state index in [0.29, 0.717) is 5.56 Å². The summed E-state index contributed by atoms with van der Waals surface area (Å²) in [6, 6.07) is 7.55. The lowest BCUT2D eigenvalue weighted by atomic mass is 10.1. The Kier molecular flexibility index (Phi) is 5.63. The van der Waals surface area contributed by atoms with Crippen LogP contribution in [0.2, 0.25) is 0 Å². The Hall–Kier alpha value is -1.57. The van der Waals surface area contributed by atoms with Gasteiger partial charge in [0, 0.05) is 18.7 Å². The maximum absolute atomic E-state index is 9.25. The van der Waals surface area contributed by atoms with Gasteiger partial charge in [0.1, 0.15) is 5.75 Å². The molecule has 18 heavy (non-hydrogen) atoms. The van der Waals surface area contributed by atoms with Gasteiger partial charge in [-0.3, -0.25) is 0 Å². The minimum Gasteiger partial charge on any atom is -0.496 e. The smallest absolute Gasteiger partial charge is 0.124 e. The van der Waals surface area contributed by atoms with Crippen LogP contribution in [0, 0.1) is 11.3 Å². The molecule has 1 aromatic rings. The number of nitrogens with zero attached hydrogens (tertiary/aromatic N) is 2. The van der Waals surface area contributed by atoms with E-state index in [1.165, 1.54) is 0 Å². The van der Waals surface area contributed by atoms with Crippen LogP contribution in [0.4, 0.5) is 0 Å². The predicted molar refractivity (Wildman–Crippen MR) is 70.3 cm³/mol. The van der Waals surface area contributed by atoms with Crippen molar-refractivity contribution < 1.29 is 9.84 Å². The molecular weight excluding hydrogens is 228 g/mol. The van der Waals surface area contributed by atoms with Crippen LogP contribution in [0.1, 0.15) is 24.5 Å². The molecule has 0 amide bonds. The van der Waals surface area contributed by atoms with Gasteiger partial charge in [-0.15, -0.1) is 0 Å². The largest absolute Gasteiger partial charge is 0.496 e. The molecule has 0 aliphatic carbocycles. The van der Waals surface area contributed by atoms with Crippen molar-refractivity contribution in [1.29, 1.82) is 5.26 Å². The molecular formula is C14H20N2O2. The summed E-state index contributed by atoms with van der Waals surface area (Å²) in [6.07, 6.45) is 0.463. The average molecular weight is 248 g/mol. The van der Waals surface area contributed by atoms with E-state index in [1.807, 2.05) is 13.1 Å². The SMILES string of the molecule is COc1cc(C#N)ccc1CN(C)CCC(C)O. The summed E-state index contributed by atoms with van der Waals surface area (Å²) in [5, 5.41) is 18.1. The predicted octanol–water partition coefficient (Wildman–Crippen LogP) is 1.77. The lowest BCUT2D eigenvalue weighted by Crippen LogP contribution is -2.22. The first-order valence-corrected chi connectivity index (χ1v) is 6.00. The summed E-state index contributed by atoms with van der Waals surface area (Å²) in [7, 11) is 3.61. The van der Waals surface area contributed by atoms with Gasteiger partial charge in [-0.1, -0.05) is 6.07 Å². The molecule has 0 aliphatic rings. The zero-order valence-electron chi connectivity index (χ0n) is 11.2. The van der Waals surface area contributed by atoms with Crippen LogP contribution in [0.25, 0.3) is 0 Å². The van der Waals surface area contributed by atoms with Crippen molar-refractivity contribution >= 4 is 0 Å². The molecule has 1 N–H and O–H groups in total. The van der Waals surface area contributed by atoms with Crippen molar-refractivity contribution in [1.82, 2.24) is 4.90 Å². The number of benzene rings is 1. The van der Waals surface area contributed by atoms with Gasteiger partial charge in [0.25, 0.3) is 0 Å². The topological polar surface area (TPSA) is 56.5 Å². The second-order valence-corrected chi connectivity index (χ2v) is 4.51. The van der Waals surface area contributed by atoms with Crippen molar-refractivity contribution in [2.24, 2.45) is 0 Å². The van der Waals surface area contributed by atoms with E-state index in [-0.39, 0.29) is 6.10 Å². The van der Waals surface area contributed by atoms with Crippen LogP contribution in [0.15, 0.2) is 18.2 Å². The molecule has 1 unspecified atom stereocenters. The maximum Gasteiger partial charge on any atom is 0.124 e. The van der Waals surface area contributed by atoms with Crippen molar-refractivity contribution in [3.05, 3.63) is 29.3 Å². The molecule has 1 aromatic carbocycles. The second kappa shape index (κ2) is 7.00. The van der Waals surface area contributed by atoms with E-state index < -0.39 is 0 Å². The van der Waals surface area contributed by atoms with Gasteiger partial charge >= 0.3 is 0 Å². The molecule has 0 aliphatic heterocycles. The number of aliphatic hydroxyl groups excluding tert-OH is 1. The molecule has 0 spiro atoms. The van der Waals surface area contributed by atoms with Gasteiger partial charge in [0.05, 0.1) is 24.8 Å². The Labute approximate surface area is 108 Å². The van der Waals surface area contributed by atoms with Gasteiger partial charge < -0.3 is 14.7 Å². The molecule has 1 atom stereocenters. The zero-order chi connectivity index (χ0) is 13.5. The Morgan fingerprint density at radius 2 is 2.22 bits per heavy atom. The minimum absolute atomic E-state index is 0.282. The minimum atomic E-state index is -0.282. The molecule has 0 heterocycles. The number of methoxy groups -OCH3 is 1. The van der Waals surface area contributed by atoms with Crippen molar-refractivity contribution in [3.63, 3.8) is 0 Å². The molecule has 0 saturated carbocycles. The fraction of sp³-hybridized carbons (Fsp3) is 0.500. The molecule has 0 saturated heterocycles. The summed E-state index contributed by atoms with van der Waals surface area (Å²) >= 11 is 0. The van der Waals surface area contributed by atoms with Gasteiger partial charge in [-0.25, -0.2) is 0 Å². The van der Waals surface area contributed by atoms with Crippen molar-refractivity contribution in [3.8, 4) is 11.8 Å². The standard InChI is InChI=1S/C14H20N2O2/c1-11(17)6-7-16(2)10-13-5-4-12(9-15)8-14(13)18-3/h4-5,8,11,17H,6-7,10H2,1-3H3. The Morgan fingerprint density at radius 1 is 1.50 bits per heavy atom. The highest BCUT2D eigenvalue weighted by molar-refractivity contribution is 5.42. The first-order chi connectivity index (χ1) is 8.56. The zero-order valence-corrected chi connectivity index (χ0v) is 11.2. The molecule has 0 fully saturated rings. The summed E-state index contributed by atoms with van der Waals surface area (Å²) in [5.41, 5.74) is 1.65. The van der Waals surface area contributed by atoms with Gasteiger partial charge in [0.2, 0.25) is 0 Å². The van der Waals surface area contributed by atoms with Gasteiger partial charge in [-0.2, -0.15) is 5.26 Å². The maximum atomic E-state index is 9.25. The molecule has 0 radical (unpaired) electrons. The average Bonchev–Trinajstić information content (AvgIpc) is 2.36. The monoisotopic (exact) mass is 248 g/mol. The van der Waals surface area contributed by atoms with E-state index in [1.54, 1.807) is 26.2 Å². The highest BCUT2D eigenvalue weighted by atomic mass is 16.5. The van der Waals surface area contributed by atoms with Crippen LogP contribution < -0.4 is 4.74 Å². The Morgan fingerprint density at radius 3 is 2.78 bits per heavy atom. The number of nitriles is 1. The summed E-state index contributed by atoms with van der Waals surface area (Å²) < 4.78 is 5.29. The van der Waals surface area contributed by atoms with Crippen LogP contribution in [0.5, 0.6) is 5.75 Å². The van der Waals surface area contributed by atoms with E-state index in [0.717, 1.165) is 30.8 Å². The van der Waals surface area contributed by atoms with E-state index >= 15 is 0 Å². The van der Waals surface area contributed by atoms with Crippen LogP contribution >= 0.6 is 0 Å². The normalized spacial score (nSPS) is 12.2. The third kappa shape index (κ3) is 4.36. The number of hydrogen-bond donors (Lipinski definition) is 1. The molecule has 98 valence electrons. The quantitative estimate of drug-likeness (QED) is 0.833. The molecule has 0 bridgehead atoms. The molecule has 0 aromatic heterocycles. The third-order valence-corrected chi connectivity index (χ3v) is 2.79. The summed E-state index contributed by atoms with van der Waals surface area (Å²) in [4.78, 5) is 2.12. The molecule has 1 rings (SSSR count). The number of hydrogen-bond acceptors (Lipinski definition) is 4. The Balaban J connectivity index is 2.69. The Bertz CT molecular complexity index is 424. The van der Waals surface area contributed by atoms with Gasteiger partial charge in [-0.05, 0) is 32.5 Å².